The molecule has 1 aliphatic heterocycles. The maximum absolute atomic E-state index is 12.9. The monoisotopic (exact) mass is 1020 g/mol. The van der Waals surface area contributed by atoms with Gasteiger partial charge in [0.1, 0.15) is 36.8 Å². The molecule has 6 unspecified atom stereocenters. The topological polar surface area (TPSA) is 186 Å². The molecule has 0 bridgehead atoms. The Bertz CT molecular complexity index is 1520. The molecular formula is C58H102O12S. The molecule has 0 aromatic carbocycles. The number of esters is 2. The first-order chi connectivity index (χ1) is 34.5. The maximum atomic E-state index is 12.9. The third kappa shape index (κ3) is 41.4. The lowest BCUT2D eigenvalue weighted by atomic mass is 10.00. The standard InChI is InChI=1S/C58H102O12S/c1-3-5-7-9-11-13-15-17-19-21-23-24-25-26-27-29-30-32-34-36-38-40-42-44-46-53(59)67-48-51(49-68-58-57(63)56(62)55(61)52(70-58)50-71(64,65)66)69-54(60)47-45-43-41-39-37-35-33-31-28-22-20-18-16-14-12-10-8-6-4-2/h6,8,12,14,18,20,28,31,35,37,51-52,55-58,61-63H,3-5,7,9-11,13,15-17,19,21-27,29-30,32-34,36,38-50H2,1-2H3,(H,64,65,66)/b8-6-,14-12-,20-18-,31-28-,37-35-. The number of allylic oxidation sites excluding steroid dienone is 10. The van der Waals surface area contributed by atoms with Crippen molar-refractivity contribution in [2.24, 2.45) is 0 Å². The molecule has 412 valence electrons. The van der Waals surface area contributed by atoms with Crippen LogP contribution in [0.1, 0.15) is 239 Å². The highest BCUT2D eigenvalue weighted by Crippen LogP contribution is 2.24. The molecule has 0 spiro atoms. The molecule has 0 amide bonds. The van der Waals surface area contributed by atoms with Crippen LogP contribution in [0.15, 0.2) is 60.8 Å². The zero-order valence-corrected chi connectivity index (χ0v) is 45.4. The summed E-state index contributed by atoms with van der Waals surface area (Å²) in [6.07, 6.45) is 51.3. The number of aliphatic hydroxyl groups is 3. The number of carbonyl (C=O) groups excluding carboxylic acids is 2. The van der Waals surface area contributed by atoms with Crippen LogP contribution in [0.3, 0.4) is 0 Å². The Kier molecular flexibility index (Phi) is 44.0. The summed E-state index contributed by atoms with van der Waals surface area (Å²) in [4.78, 5) is 25.6. The quantitative estimate of drug-likeness (QED) is 0.0196. The Morgan fingerprint density at radius 1 is 0.493 bits per heavy atom. The van der Waals surface area contributed by atoms with Crippen LogP contribution < -0.4 is 0 Å². The van der Waals surface area contributed by atoms with E-state index in [1.54, 1.807) is 0 Å². The van der Waals surface area contributed by atoms with Gasteiger partial charge in [0.15, 0.2) is 12.4 Å². The Labute approximate surface area is 432 Å². The molecule has 1 aliphatic rings. The fraction of sp³-hybridized carbons (Fsp3) is 0.793. The van der Waals surface area contributed by atoms with E-state index in [0.717, 1.165) is 70.6 Å². The van der Waals surface area contributed by atoms with E-state index in [1.807, 2.05) is 0 Å². The van der Waals surface area contributed by atoms with E-state index in [2.05, 4.69) is 74.6 Å². The Hall–Kier alpha value is -2.65. The average Bonchev–Trinajstić information content (AvgIpc) is 3.34. The maximum Gasteiger partial charge on any atom is 0.306 e. The summed E-state index contributed by atoms with van der Waals surface area (Å²) in [5.74, 6) is -2.02. The summed E-state index contributed by atoms with van der Waals surface area (Å²) in [6.45, 7) is 3.66. The summed E-state index contributed by atoms with van der Waals surface area (Å²) < 4.78 is 54.3. The summed E-state index contributed by atoms with van der Waals surface area (Å²) in [5.41, 5.74) is 0. The van der Waals surface area contributed by atoms with Crippen LogP contribution in [0.5, 0.6) is 0 Å². The van der Waals surface area contributed by atoms with E-state index in [0.29, 0.717) is 12.8 Å². The molecule has 6 atom stereocenters. The molecule has 0 aromatic rings. The summed E-state index contributed by atoms with van der Waals surface area (Å²) in [5, 5.41) is 31.0. The number of carbonyl (C=O) groups is 2. The number of hydrogen-bond donors (Lipinski definition) is 4. The van der Waals surface area contributed by atoms with Crippen LogP contribution in [0, 0.1) is 0 Å². The smallest absolute Gasteiger partial charge is 0.306 e. The lowest BCUT2D eigenvalue weighted by Crippen LogP contribution is -2.60. The van der Waals surface area contributed by atoms with Gasteiger partial charge in [0.25, 0.3) is 10.1 Å². The van der Waals surface area contributed by atoms with Crippen molar-refractivity contribution >= 4 is 22.1 Å². The number of ether oxygens (including phenoxy) is 4. The predicted octanol–water partition coefficient (Wildman–Crippen LogP) is 13.6. The minimum atomic E-state index is -4.61. The van der Waals surface area contributed by atoms with Crippen molar-refractivity contribution in [3.05, 3.63) is 60.8 Å². The normalized spacial score (nSPS) is 19.3. The lowest BCUT2D eigenvalue weighted by molar-refractivity contribution is -0.297. The summed E-state index contributed by atoms with van der Waals surface area (Å²) >= 11 is 0. The van der Waals surface area contributed by atoms with Crippen molar-refractivity contribution in [1.29, 1.82) is 0 Å². The molecular weight excluding hydrogens is 921 g/mol. The molecule has 12 nitrogen and oxygen atoms in total. The first kappa shape index (κ1) is 66.4. The van der Waals surface area contributed by atoms with Gasteiger partial charge in [0.05, 0.1) is 6.61 Å². The predicted molar refractivity (Wildman–Crippen MR) is 289 cm³/mol. The molecule has 1 fully saturated rings. The zero-order valence-electron chi connectivity index (χ0n) is 44.6. The van der Waals surface area contributed by atoms with Gasteiger partial charge in [-0.2, -0.15) is 8.42 Å². The van der Waals surface area contributed by atoms with Crippen molar-refractivity contribution in [2.45, 2.75) is 275 Å². The molecule has 71 heavy (non-hydrogen) atoms. The largest absolute Gasteiger partial charge is 0.462 e. The number of hydrogen-bond acceptors (Lipinski definition) is 11. The van der Waals surface area contributed by atoms with Gasteiger partial charge in [-0.15, -0.1) is 0 Å². The van der Waals surface area contributed by atoms with E-state index >= 15 is 0 Å². The van der Waals surface area contributed by atoms with Gasteiger partial charge in [-0.05, 0) is 57.8 Å². The minimum absolute atomic E-state index is 0.125. The second-order valence-corrected chi connectivity index (χ2v) is 21.1. The van der Waals surface area contributed by atoms with Gasteiger partial charge in [-0.1, -0.05) is 229 Å². The SMILES string of the molecule is CC/C=C\C/C=C\C/C=C\C/C=C\C/C=C\CCCCCC(=O)OC(COC(=O)CCCCCCCCCCCCCCCCCCCCCCCCCC)COC1OC(CS(=O)(=O)O)C(O)C(O)C1O. The summed E-state index contributed by atoms with van der Waals surface area (Å²) in [6, 6.07) is 0. The van der Waals surface area contributed by atoms with Crippen LogP contribution in [-0.4, -0.2) is 96.0 Å². The van der Waals surface area contributed by atoms with E-state index in [9.17, 15) is 37.9 Å². The minimum Gasteiger partial charge on any atom is -0.462 e. The molecule has 1 rings (SSSR count). The van der Waals surface area contributed by atoms with E-state index in [-0.39, 0.29) is 19.4 Å². The first-order valence-electron chi connectivity index (χ1n) is 28.3. The van der Waals surface area contributed by atoms with Crippen LogP contribution in [0.25, 0.3) is 0 Å². The van der Waals surface area contributed by atoms with Gasteiger partial charge in [0, 0.05) is 12.8 Å². The fourth-order valence-electron chi connectivity index (χ4n) is 8.53. The summed E-state index contributed by atoms with van der Waals surface area (Å²) in [7, 11) is -4.61. The van der Waals surface area contributed by atoms with Crippen molar-refractivity contribution < 1.29 is 56.8 Å². The molecule has 13 heteroatoms. The molecule has 1 saturated heterocycles. The molecule has 0 aliphatic carbocycles. The van der Waals surface area contributed by atoms with Crippen molar-refractivity contribution in [3.63, 3.8) is 0 Å². The Balaban J connectivity index is 2.32. The Morgan fingerprint density at radius 2 is 0.887 bits per heavy atom. The molecule has 0 radical (unpaired) electrons. The number of aliphatic hydroxyl groups excluding tert-OH is 3. The highest BCUT2D eigenvalue weighted by Gasteiger charge is 2.46. The number of rotatable bonds is 48. The van der Waals surface area contributed by atoms with Gasteiger partial charge in [-0.3, -0.25) is 14.1 Å². The highest BCUT2D eigenvalue weighted by molar-refractivity contribution is 7.85. The van der Waals surface area contributed by atoms with Crippen LogP contribution in [0.4, 0.5) is 0 Å². The lowest BCUT2D eigenvalue weighted by Gasteiger charge is -2.40. The highest BCUT2D eigenvalue weighted by atomic mass is 32.2. The van der Waals surface area contributed by atoms with E-state index < -0.39 is 71.2 Å². The molecule has 1 heterocycles. The first-order valence-corrected chi connectivity index (χ1v) is 30.0. The van der Waals surface area contributed by atoms with Crippen molar-refractivity contribution in [1.82, 2.24) is 0 Å². The van der Waals surface area contributed by atoms with Gasteiger partial charge in [-0.25, -0.2) is 0 Å². The number of unbranched alkanes of at least 4 members (excludes halogenated alkanes) is 26. The zero-order chi connectivity index (χ0) is 51.9. The van der Waals surface area contributed by atoms with Crippen molar-refractivity contribution in [3.8, 4) is 0 Å². The third-order valence-electron chi connectivity index (χ3n) is 12.9. The average molecular weight is 1020 g/mol. The van der Waals surface area contributed by atoms with E-state index in [4.69, 9.17) is 18.9 Å². The van der Waals surface area contributed by atoms with Gasteiger partial charge >= 0.3 is 11.9 Å². The second kappa shape index (κ2) is 47.1. The van der Waals surface area contributed by atoms with Gasteiger partial charge in [0.2, 0.25) is 0 Å². The van der Waals surface area contributed by atoms with Crippen LogP contribution >= 0.6 is 0 Å². The van der Waals surface area contributed by atoms with Crippen molar-refractivity contribution in [2.75, 3.05) is 19.0 Å². The molecule has 0 saturated carbocycles. The Morgan fingerprint density at radius 3 is 1.32 bits per heavy atom. The third-order valence-corrected chi connectivity index (χ3v) is 13.6. The van der Waals surface area contributed by atoms with E-state index in [1.165, 1.54) is 128 Å². The van der Waals surface area contributed by atoms with Crippen LogP contribution in [0.2, 0.25) is 0 Å². The second-order valence-electron chi connectivity index (χ2n) is 19.6. The van der Waals surface area contributed by atoms with Crippen LogP contribution in [-0.2, 0) is 38.7 Å². The molecule has 0 aromatic heterocycles. The fourth-order valence-corrected chi connectivity index (χ4v) is 9.22. The van der Waals surface area contributed by atoms with Gasteiger partial charge < -0.3 is 34.3 Å². The molecule has 4 N–H and O–H groups in total.